The summed E-state index contributed by atoms with van der Waals surface area (Å²) in [7, 11) is 1.57. The smallest absolute Gasteiger partial charge is 0.408 e. The maximum Gasteiger partial charge on any atom is 0.408 e. The molecule has 43 heavy (non-hydrogen) atoms. The van der Waals surface area contributed by atoms with E-state index in [2.05, 4.69) is 16.6 Å². The Morgan fingerprint density at radius 2 is 1.58 bits per heavy atom. The summed E-state index contributed by atoms with van der Waals surface area (Å²) in [6.45, 7) is 9.09. The van der Waals surface area contributed by atoms with Crippen molar-refractivity contribution in [1.29, 1.82) is 0 Å². The molecule has 3 aromatic rings. The van der Waals surface area contributed by atoms with Gasteiger partial charge in [0.25, 0.3) is 5.91 Å². The number of anilines is 1. The number of nitrogens with one attached hydrogen (secondary N) is 2. The number of terminal acetylenes is 1. The van der Waals surface area contributed by atoms with E-state index in [4.69, 9.17) is 15.9 Å². The standard InChI is InChI=1S/C35H41N3O5/c1-8-24(3)38(33(40)30(23-26-13-11-10-12-14-26)37-34(41)43-35(4,5)6)31(27-17-15-25(9-2)16-18-27)32(39)36-28-19-21-29(42-7)22-20-28/h2,10-22,24,30-31H,8,23H2,1,3-7H3,(H,36,39)(H,37,41). The lowest BCUT2D eigenvalue weighted by molar-refractivity contribution is -0.143. The van der Waals surface area contributed by atoms with E-state index in [1.54, 1.807) is 81.3 Å². The minimum absolute atomic E-state index is 0.203. The average Bonchev–Trinajstić information content (AvgIpc) is 2.98. The normalized spacial score (nSPS) is 13.0. The van der Waals surface area contributed by atoms with Crippen LogP contribution in [0.4, 0.5) is 10.5 Å². The van der Waals surface area contributed by atoms with Gasteiger partial charge in [0, 0.05) is 23.7 Å². The maximum atomic E-state index is 14.6. The fraction of sp³-hybridized carbons (Fsp3) is 0.343. The van der Waals surface area contributed by atoms with Crippen molar-refractivity contribution in [1.82, 2.24) is 10.2 Å². The number of carbonyl (C=O) groups is 3. The van der Waals surface area contributed by atoms with Gasteiger partial charge in [-0.2, -0.15) is 0 Å². The van der Waals surface area contributed by atoms with Crippen LogP contribution in [0.25, 0.3) is 0 Å². The highest BCUT2D eigenvalue weighted by Gasteiger charge is 2.38. The summed E-state index contributed by atoms with van der Waals surface area (Å²) in [5.41, 5.74) is 1.85. The Kier molecular flexibility index (Phi) is 11.4. The minimum atomic E-state index is -1.03. The van der Waals surface area contributed by atoms with Gasteiger partial charge in [0.05, 0.1) is 7.11 Å². The van der Waals surface area contributed by atoms with Crippen molar-refractivity contribution in [3.05, 3.63) is 95.6 Å². The summed E-state index contributed by atoms with van der Waals surface area (Å²) >= 11 is 0. The predicted octanol–water partition coefficient (Wildman–Crippen LogP) is 6.12. The molecule has 8 nitrogen and oxygen atoms in total. The van der Waals surface area contributed by atoms with Gasteiger partial charge < -0.3 is 25.0 Å². The van der Waals surface area contributed by atoms with E-state index in [-0.39, 0.29) is 12.5 Å². The first-order valence-corrected chi connectivity index (χ1v) is 14.3. The average molecular weight is 584 g/mol. The molecule has 0 aromatic heterocycles. The molecule has 0 aliphatic carbocycles. The number of nitrogens with zero attached hydrogens (tertiary/aromatic N) is 1. The molecule has 0 fully saturated rings. The van der Waals surface area contributed by atoms with E-state index in [1.807, 2.05) is 44.2 Å². The molecule has 3 atom stereocenters. The molecule has 0 aliphatic heterocycles. The van der Waals surface area contributed by atoms with Crippen LogP contribution in [-0.4, -0.2) is 47.6 Å². The first-order chi connectivity index (χ1) is 20.4. The maximum absolute atomic E-state index is 14.6. The SMILES string of the molecule is C#Cc1ccc(C(C(=O)Nc2ccc(OC)cc2)N(C(=O)C(Cc2ccccc2)NC(=O)OC(C)(C)C)C(C)CC)cc1. The lowest BCUT2D eigenvalue weighted by Gasteiger charge is -2.38. The van der Waals surface area contributed by atoms with Crippen LogP contribution < -0.4 is 15.4 Å². The van der Waals surface area contributed by atoms with Crippen LogP contribution in [0.3, 0.4) is 0 Å². The van der Waals surface area contributed by atoms with Crippen LogP contribution >= 0.6 is 0 Å². The molecule has 0 heterocycles. The van der Waals surface area contributed by atoms with Gasteiger partial charge in [-0.05, 0) is 81.6 Å². The zero-order chi connectivity index (χ0) is 31.6. The highest BCUT2D eigenvalue weighted by atomic mass is 16.6. The summed E-state index contributed by atoms with van der Waals surface area (Å²) in [5, 5.41) is 5.74. The lowest BCUT2D eigenvalue weighted by atomic mass is 9.97. The van der Waals surface area contributed by atoms with Crippen molar-refractivity contribution in [2.24, 2.45) is 0 Å². The van der Waals surface area contributed by atoms with E-state index in [0.717, 1.165) is 5.56 Å². The van der Waals surface area contributed by atoms with Gasteiger partial charge in [0.15, 0.2) is 0 Å². The Bertz CT molecular complexity index is 1410. The van der Waals surface area contributed by atoms with E-state index < -0.39 is 35.6 Å². The van der Waals surface area contributed by atoms with Gasteiger partial charge in [0.2, 0.25) is 5.91 Å². The second-order valence-electron chi connectivity index (χ2n) is 11.3. The monoisotopic (exact) mass is 583 g/mol. The van der Waals surface area contributed by atoms with Crippen molar-refractivity contribution in [2.45, 2.75) is 71.2 Å². The Hall–Kier alpha value is -4.77. The van der Waals surface area contributed by atoms with Crippen LogP contribution in [0, 0.1) is 12.3 Å². The van der Waals surface area contributed by atoms with Gasteiger partial charge in [0.1, 0.15) is 23.4 Å². The summed E-state index contributed by atoms with van der Waals surface area (Å²) in [6.07, 6.45) is 5.63. The largest absolute Gasteiger partial charge is 0.497 e. The second-order valence-corrected chi connectivity index (χ2v) is 11.3. The Morgan fingerprint density at radius 1 is 0.953 bits per heavy atom. The van der Waals surface area contributed by atoms with E-state index >= 15 is 0 Å². The van der Waals surface area contributed by atoms with Crippen molar-refractivity contribution in [2.75, 3.05) is 12.4 Å². The van der Waals surface area contributed by atoms with Crippen LogP contribution in [0.2, 0.25) is 0 Å². The third kappa shape index (κ3) is 9.37. The molecule has 2 N–H and O–H groups in total. The second kappa shape index (κ2) is 14.9. The molecule has 0 bridgehead atoms. The molecule has 8 heteroatoms. The summed E-state index contributed by atoms with van der Waals surface area (Å²) in [6, 6.07) is 20.9. The third-order valence-electron chi connectivity index (χ3n) is 6.87. The molecule has 0 spiro atoms. The van der Waals surface area contributed by atoms with E-state index in [1.165, 1.54) is 0 Å². The van der Waals surface area contributed by atoms with Crippen molar-refractivity contribution >= 4 is 23.6 Å². The zero-order valence-corrected chi connectivity index (χ0v) is 25.7. The summed E-state index contributed by atoms with van der Waals surface area (Å²) in [4.78, 5) is 43.1. The number of ether oxygens (including phenoxy) is 2. The van der Waals surface area contributed by atoms with Gasteiger partial charge in [-0.15, -0.1) is 6.42 Å². The number of amides is 3. The molecule has 3 unspecified atom stereocenters. The number of methoxy groups -OCH3 is 1. The number of rotatable bonds is 11. The van der Waals surface area contributed by atoms with Gasteiger partial charge >= 0.3 is 6.09 Å². The van der Waals surface area contributed by atoms with Crippen LogP contribution in [0.5, 0.6) is 5.75 Å². The van der Waals surface area contributed by atoms with Gasteiger partial charge in [-0.3, -0.25) is 9.59 Å². The van der Waals surface area contributed by atoms with Crippen molar-refractivity contribution < 1.29 is 23.9 Å². The molecule has 0 saturated carbocycles. The topological polar surface area (TPSA) is 97.0 Å². The Morgan fingerprint density at radius 3 is 2.12 bits per heavy atom. The Labute approximate surface area is 254 Å². The quantitative estimate of drug-likeness (QED) is 0.265. The fourth-order valence-electron chi connectivity index (χ4n) is 4.56. The van der Waals surface area contributed by atoms with Gasteiger partial charge in [-0.1, -0.05) is 55.3 Å². The molecule has 0 saturated heterocycles. The molecule has 226 valence electrons. The minimum Gasteiger partial charge on any atom is -0.497 e. The van der Waals surface area contributed by atoms with Crippen LogP contribution in [-0.2, 0) is 20.7 Å². The van der Waals surface area contributed by atoms with Gasteiger partial charge in [-0.25, -0.2) is 4.79 Å². The molecule has 3 rings (SSSR count). The number of benzene rings is 3. The highest BCUT2D eigenvalue weighted by Crippen LogP contribution is 2.29. The Balaban J connectivity index is 2.08. The van der Waals surface area contributed by atoms with Crippen molar-refractivity contribution in [3.8, 4) is 18.1 Å². The number of hydrogen-bond acceptors (Lipinski definition) is 5. The van der Waals surface area contributed by atoms with E-state index in [0.29, 0.717) is 29.0 Å². The third-order valence-corrected chi connectivity index (χ3v) is 6.87. The van der Waals surface area contributed by atoms with Crippen molar-refractivity contribution in [3.63, 3.8) is 0 Å². The molecule has 3 amide bonds. The molecule has 0 aliphatic rings. The first-order valence-electron chi connectivity index (χ1n) is 14.3. The zero-order valence-electron chi connectivity index (χ0n) is 25.7. The number of alkyl carbamates (subject to hydrolysis) is 1. The fourth-order valence-corrected chi connectivity index (χ4v) is 4.56. The summed E-state index contributed by atoms with van der Waals surface area (Å²) in [5.74, 6) is 2.41. The molecule has 0 radical (unpaired) electrons. The number of hydrogen-bond donors (Lipinski definition) is 2. The highest BCUT2D eigenvalue weighted by molar-refractivity contribution is 5.99. The van der Waals surface area contributed by atoms with E-state index in [9.17, 15) is 14.4 Å². The predicted molar refractivity (Wildman–Crippen MR) is 169 cm³/mol. The summed E-state index contributed by atoms with van der Waals surface area (Å²) < 4.78 is 10.7. The first kappa shape index (κ1) is 32.7. The molecule has 3 aromatic carbocycles. The van der Waals surface area contributed by atoms with Crippen LogP contribution in [0.15, 0.2) is 78.9 Å². The number of carbonyl (C=O) groups excluding carboxylic acids is 3. The lowest BCUT2D eigenvalue weighted by Crippen LogP contribution is -2.55. The molecular weight excluding hydrogens is 542 g/mol. The van der Waals surface area contributed by atoms with Crippen LogP contribution in [0.1, 0.15) is 63.8 Å². The molecular formula is C35H41N3O5.